The van der Waals surface area contributed by atoms with E-state index in [0.29, 0.717) is 31.3 Å². The predicted molar refractivity (Wildman–Crippen MR) is 90.5 cm³/mol. The average molecular weight is 356 g/mol. The lowest BCUT2D eigenvalue weighted by atomic mass is 10.2. The van der Waals surface area contributed by atoms with Crippen LogP contribution in [-0.2, 0) is 16.1 Å². The number of rotatable bonds is 4. The van der Waals surface area contributed by atoms with Crippen LogP contribution in [0.3, 0.4) is 0 Å². The number of amides is 1. The van der Waals surface area contributed by atoms with Crippen molar-refractivity contribution in [1.29, 1.82) is 0 Å². The van der Waals surface area contributed by atoms with Crippen LogP contribution >= 0.6 is 11.6 Å². The fourth-order valence-electron chi connectivity index (χ4n) is 3.10. The quantitative estimate of drug-likeness (QED) is 0.819. The van der Waals surface area contributed by atoms with Crippen LogP contribution in [0.1, 0.15) is 5.56 Å². The molecule has 5 nitrogen and oxygen atoms in total. The zero-order valence-electron chi connectivity index (χ0n) is 13.7. The Balaban J connectivity index is 1.45. The molecule has 1 amide bonds. The third-order valence-electron chi connectivity index (χ3n) is 4.60. The summed E-state index contributed by atoms with van der Waals surface area (Å²) in [6.45, 7) is 7.30. The number of hydrogen-bond donors (Lipinski definition) is 0. The van der Waals surface area contributed by atoms with E-state index in [4.69, 9.17) is 16.3 Å². The Labute approximate surface area is 146 Å². The van der Waals surface area contributed by atoms with Gasteiger partial charge in [0.05, 0.1) is 19.8 Å². The first-order valence-electron chi connectivity index (χ1n) is 8.36. The number of benzene rings is 1. The average Bonchev–Trinajstić information content (AvgIpc) is 2.59. The van der Waals surface area contributed by atoms with Gasteiger partial charge in [0.1, 0.15) is 5.82 Å². The van der Waals surface area contributed by atoms with Crippen LogP contribution in [0.2, 0.25) is 5.02 Å². The Morgan fingerprint density at radius 3 is 2.46 bits per heavy atom. The second-order valence-electron chi connectivity index (χ2n) is 6.28. The number of nitrogens with zero attached hydrogens (tertiary/aromatic N) is 3. The van der Waals surface area contributed by atoms with Crippen molar-refractivity contribution in [3.63, 3.8) is 0 Å². The predicted octanol–water partition coefficient (Wildman–Crippen LogP) is 1.46. The van der Waals surface area contributed by atoms with E-state index < -0.39 is 0 Å². The first-order valence-corrected chi connectivity index (χ1v) is 8.74. The van der Waals surface area contributed by atoms with Gasteiger partial charge in [-0.3, -0.25) is 14.6 Å². The molecule has 2 aliphatic heterocycles. The molecule has 0 spiro atoms. The van der Waals surface area contributed by atoms with Crippen LogP contribution in [-0.4, -0.2) is 79.6 Å². The number of halogens is 2. The molecule has 2 heterocycles. The SMILES string of the molecule is O=C(CN1CCOCC1)N1CCN(Cc2ccc(F)cc2Cl)CC1. The van der Waals surface area contributed by atoms with Crippen molar-refractivity contribution in [3.05, 3.63) is 34.6 Å². The summed E-state index contributed by atoms with van der Waals surface area (Å²) in [5.74, 6) is -0.126. The summed E-state index contributed by atoms with van der Waals surface area (Å²) < 4.78 is 18.4. The summed E-state index contributed by atoms with van der Waals surface area (Å²) in [5.41, 5.74) is 0.922. The summed E-state index contributed by atoms with van der Waals surface area (Å²) in [6, 6.07) is 4.51. The third-order valence-corrected chi connectivity index (χ3v) is 4.95. The van der Waals surface area contributed by atoms with Crippen LogP contribution in [0, 0.1) is 5.82 Å². The van der Waals surface area contributed by atoms with Gasteiger partial charge in [-0.25, -0.2) is 4.39 Å². The van der Waals surface area contributed by atoms with E-state index in [-0.39, 0.29) is 11.7 Å². The molecule has 132 valence electrons. The second kappa shape index (κ2) is 8.25. The zero-order valence-corrected chi connectivity index (χ0v) is 14.5. The highest BCUT2D eigenvalue weighted by Crippen LogP contribution is 2.19. The minimum Gasteiger partial charge on any atom is -0.379 e. The Kier molecular flexibility index (Phi) is 6.05. The first kappa shape index (κ1) is 17.6. The molecule has 0 bridgehead atoms. The molecule has 0 N–H and O–H groups in total. The Bertz CT molecular complexity index is 573. The molecule has 1 aromatic rings. The third kappa shape index (κ3) is 4.66. The van der Waals surface area contributed by atoms with Crippen LogP contribution in [0.15, 0.2) is 18.2 Å². The summed E-state index contributed by atoms with van der Waals surface area (Å²) >= 11 is 6.09. The minimum absolute atomic E-state index is 0.191. The van der Waals surface area contributed by atoms with Gasteiger partial charge in [-0.15, -0.1) is 0 Å². The molecule has 24 heavy (non-hydrogen) atoms. The molecule has 0 saturated carbocycles. The zero-order chi connectivity index (χ0) is 16.9. The maximum Gasteiger partial charge on any atom is 0.236 e. The smallest absolute Gasteiger partial charge is 0.236 e. The van der Waals surface area contributed by atoms with Crippen molar-refractivity contribution in [3.8, 4) is 0 Å². The van der Waals surface area contributed by atoms with Gasteiger partial charge in [0.25, 0.3) is 0 Å². The van der Waals surface area contributed by atoms with Gasteiger partial charge in [0.15, 0.2) is 0 Å². The van der Waals surface area contributed by atoms with Gasteiger partial charge in [-0.1, -0.05) is 17.7 Å². The monoisotopic (exact) mass is 355 g/mol. The highest BCUT2D eigenvalue weighted by atomic mass is 35.5. The molecule has 0 atom stereocenters. The maximum atomic E-state index is 13.1. The van der Waals surface area contributed by atoms with Crippen molar-refractivity contribution in [2.24, 2.45) is 0 Å². The Hall–Kier alpha value is -1.21. The Morgan fingerprint density at radius 2 is 1.79 bits per heavy atom. The summed E-state index contributed by atoms with van der Waals surface area (Å²) in [6.07, 6.45) is 0. The standard InChI is InChI=1S/C17H23ClFN3O2/c18-16-11-15(19)2-1-14(16)12-20-3-5-22(6-4-20)17(23)13-21-7-9-24-10-8-21/h1-2,11H,3-10,12-13H2. The van der Waals surface area contributed by atoms with Crippen molar-refractivity contribution in [2.75, 3.05) is 59.0 Å². The number of ether oxygens (including phenoxy) is 1. The van der Waals surface area contributed by atoms with Crippen molar-refractivity contribution in [1.82, 2.24) is 14.7 Å². The molecule has 1 aromatic carbocycles. The number of carbonyl (C=O) groups is 1. The number of piperazine rings is 1. The van der Waals surface area contributed by atoms with Gasteiger partial charge >= 0.3 is 0 Å². The van der Waals surface area contributed by atoms with Gasteiger partial charge < -0.3 is 9.64 Å². The second-order valence-corrected chi connectivity index (χ2v) is 6.69. The minimum atomic E-state index is -0.317. The van der Waals surface area contributed by atoms with Crippen LogP contribution in [0.4, 0.5) is 4.39 Å². The molecule has 0 aliphatic carbocycles. The lowest BCUT2D eigenvalue weighted by Crippen LogP contribution is -2.52. The van der Waals surface area contributed by atoms with Crippen molar-refractivity contribution >= 4 is 17.5 Å². The molecule has 0 unspecified atom stereocenters. The first-order chi connectivity index (χ1) is 11.6. The fourth-order valence-corrected chi connectivity index (χ4v) is 3.32. The van der Waals surface area contributed by atoms with E-state index in [1.165, 1.54) is 12.1 Å². The van der Waals surface area contributed by atoms with Gasteiger partial charge in [0, 0.05) is 50.8 Å². The lowest BCUT2D eigenvalue weighted by molar-refractivity contribution is -0.135. The van der Waals surface area contributed by atoms with Crippen LogP contribution in [0.5, 0.6) is 0 Å². The summed E-state index contributed by atoms with van der Waals surface area (Å²) in [5, 5.41) is 0.459. The van der Waals surface area contributed by atoms with Crippen molar-refractivity contribution < 1.29 is 13.9 Å². The highest BCUT2D eigenvalue weighted by Gasteiger charge is 2.23. The van der Waals surface area contributed by atoms with Gasteiger partial charge in [-0.05, 0) is 17.7 Å². The molecular formula is C17H23ClFN3O2. The molecular weight excluding hydrogens is 333 g/mol. The number of hydrogen-bond acceptors (Lipinski definition) is 4. The molecule has 0 radical (unpaired) electrons. The van der Waals surface area contributed by atoms with E-state index in [9.17, 15) is 9.18 Å². The topological polar surface area (TPSA) is 36.0 Å². The van der Waals surface area contributed by atoms with E-state index >= 15 is 0 Å². The van der Waals surface area contributed by atoms with E-state index in [0.717, 1.165) is 44.8 Å². The molecule has 0 aromatic heterocycles. The lowest BCUT2D eigenvalue weighted by Gasteiger charge is -2.36. The maximum absolute atomic E-state index is 13.1. The van der Waals surface area contributed by atoms with E-state index in [1.807, 2.05) is 4.90 Å². The molecule has 2 aliphatic rings. The van der Waals surface area contributed by atoms with Gasteiger partial charge in [-0.2, -0.15) is 0 Å². The summed E-state index contributed by atoms with van der Waals surface area (Å²) in [7, 11) is 0. The Morgan fingerprint density at radius 1 is 1.08 bits per heavy atom. The molecule has 2 saturated heterocycles. The molecule has 2 fully saturated rings. The van der Waals surface area contributed by atoms with E-state index in [2.05, 4.69) is 9.80 Å². The molecule has 7 heteroatoms. The van der Waals surface area contributed by atoms with Crippen LogP contribution < -0.4 is 0 Å². The molecule has 3 rings (SSSR count). The largest absolute Gasteiger partial charge is 0.379 e. The van der Waals surface area contributed by atoms with Crippen molar-refractivity contribution in [2.45, 2.75) is 6.54 Å². The summed E-state index contributed by atoms with van der Waals surface area (Å²) in [4.78, 5) is 18.7. The van der Waals surface area contributed by atoms with E-state index in [1.54, 1.807) is 6.07 Å². The van der Waals surface area contributed by atoms with Gasteiger partial charge in [0.2, 0.25) is 5.91 Å². The number of morpholine rings is 1. The fraction of sp³-hybridized carbons (Fsp3) is 0.588. The number of carbonyl (C=O) groups excluding carboxylic acids is 1. The van der Waals surface area contributed by atoms with Crippen LogP contribution in [0.25, 0.3) is 0 Å². The highest BCUT2D eigenvalue weighted by molar-refractivity contribution is 6.31. The normalized spacial score (nSPS) is 20.3.